The molecule has 98 valence electrons. The summed E-state index contributed by atoms with van der Waals surface area (Å²) in [7, 11) is 1.13. The number of nitrogens with two attached hydrogens (primary N) is 1. The molecule has 6 nitrogen and oxygen atoms in total. The molecule has 0 aliphatic carbocycles. The van der Waals surface area contributed by atoms with Crippen molar-refractivity contribution in [1.29, 1.82) is 0 Å². The normalized spacial score (nSPS) is 13.5. The summed E-state index contributed by atoms with van der Waals surface area (Å²) in [5, 5.41) is 22.1. The van der Waals surface area contributed by atoms with Gasteiger partial charge in [0.25, 0.3) is 0 Å². The molecule has 0 heterocycles. The van der Waals surface area contributed by atoms with Gasteiger partial charge in [0.15, 0.2) is 11.2 Å². The number of carbonyl (C=O) groups excluding carboxylic acids is 1. The van der Waals surface area contributed by atoms with Crippen LogP contribution in [0.2, 0.25) is 0 Å². The summed E-state index contributed by atoms with van der Waals surface area (Å²) in [6, 6.07) is 6.39. The van der Waals surface area contributed by atoms with Crippen LogP contribution in [-0.2, 0) is 9.53 Å². The third-order valence-electron chi connectivity index (χ3n) is 2.24. The van der Waals surface area contributed by atoms with E-state index in [-0.39, 0.29) is 5.11 Å². The molecule has 18 heavy (non-hydrogen) atoms. The van der Waals surface area contributed by atoms with Gasteiger partial charge in [-0.1, -0.05) is 12.1 Å². The van der Waals surface area contributed by atoms with Crippen molar-refractivity contribution in [1.82, 2.24) is 0 Å². The van der Waals surface area contributed by atoms with Gasteiger partial charge in [0.2, 0.25) is 0 Å². The minimum absolute atomic E-state index is 0.0788. The van der Waals surface area contributed by atoms with Crippen LogP contribution >= 0.6 is 12.2 Å². The molecule has 1 rings (SSSR count). The summed E-state index contributed by atoms with van der Waals surface area (Å²) >= 11 is 4.68. The first-order chi connectivity index (χ1) is 8.45. The summed E-state index contributed by atoms with van der Waals surface area (Å²) in [6.45, 7) is 0. The van der Waals surface area contributed by atoms with Gasteiger partial charge in [-0.2, -0.15) is 0 Å². The molecule has 1 aromatic carbocycles. The smallest absolute Gasteiger partial charge is 0.337 e. The Bertz CT molecular complexity index is 452. The van der Waals surface area contributed by atoms with Crippen LogP contribution in [0, 0.1) is 0 Å². The van der Waals surface area contributed by atoms with Crippen LogP contribution in [0.3, 0.4) is 0 Å². The monoisotopic (exact) mass is 270 g/mol. The Labute approximate surface area is 109 Å². The fourth-order valence-electron chi connectivity index (χ4n) is 1.37. The van der Waals surface area contributed by atoms with E-state index in [4.69, 9.17) is 5.73 Å². The number of methoxy groups -OCH3 is 1. The molecule has 0 amide bonds. The van der Waals surface area contributed by atoms with Crippen molar-refractivity contribution in [2.24, 2.45) is 5.73 Å². The topological polar surface area (TPSA) is 105 Å². The number of rotatable bonds is 4. The molecule has 5 N–H and O–H groups in total. The third kappa shape index (κ3) is 3.66. The number of aliphatic hydroxyl groups excluding tert-OH is 2. The van der Waals surface area contributed by atoms with E-state index in [0.29, 0.717) is 11.3 Å². The molecule has 0 saturated heterocycles. The zero-order chi connectivity index (χ0) is 13.7. The van der Waals surface area contributed by atoms with Crippen LogP contribution in [0.4, 0.5) is 5.69 Å². The SMILES string of the molecule is COC(=O)C(O)C(O)c1cccc(NC(N)=S)c1. The van der Waals surface area contributed by atoms with E-state index >= 15 is 0 Å². The molecule has 0 radical (unpaired) electrons. The number of benzene rings is 1. The third-order valence-corrected chi connectivity index (χ3v) is 2.34. The van der Waals surface area contributed by atoms with Gasteiger partial charge in [-0.25, -0.2) is 4.79 Å². The van der Waals surface area contributed by atoms with Gasteiger partial charge in [-0.15, -0.1) is 0 Å². The summed E-state index contributed by atoms with van der Waals surface area (Å²) < 4.78 is 4.34. The van der Waals surface area contributed by atoms with Crippen molar-refractivity contribution >= 4 is 29.0 Å². The first-order valence-corrected chi connectivity index (χ1v) is 5.47. The second-order valence-electron chi connectivity index (χ2n) is 3.53. The molecular formula is C11H14N2O4S. The highest BCUT2D eigenvalue weighted by molar-refractivity contribution is 7.80. The fraction of sp³-hybridized carbons (Fsp3) is 0.273. The maximum atomic E-state index is 11.1. The van der Waals surface area contributed by atoms with E-state index in [2.05, 4.69) is 22.3 Å². The zero-order valence-electron chi connectivity index (χ0n) is 9.66. The van der Waals surface area contributed by atoms with E-state index in [1.807, 2.05) is 0 Å². The van der Waals surface area contributed by atoms with Crippen molar-refractivity contribution in [3.05, 3.63) is 29.8 Å². The number of nitrogens with one attached hydrogen (secondary N) is 1. The van der Waals surface area contributed by atoms with Crippen LogP contribution in [0.5, 0.6) is 0 Å². The van der Waals surface area contributed by atoms with Gasteiger partial charge in [0.1, 0.15) is 6.10 Å². The van der Waals surface area contributed by atoms with Crippen molar-refractivity contribution < 1.29 is 19.7 Å². The minimum Gasteiger partial charge on any atom is -0.467 e. The van der Waals surface area contributed by atoms with Crippen LogP contribution in [0.1, 0.15) is 11.7 Å². The minimum atomic E-state index is -1.64. The van der Waals surface area contributed by atoms with E-state index in [1.54, 1.807) is 18.2 Å². The Hall–Kier alpha value is -1.70. The van der Waals surface area contributed by atoms with Gasteiger partial charge in [0, 0.05) is 5.69 Å². The van der Waals surface area contributed by atoms with Gasteiger partial charge in [-0.3, -0.25) is 0 Å². The molecule has 0 spiro atoms. The first-order valence-electron chi connectivity index (χ1n) is 5.06. The number of hydrogen-bond acceptors (Lipinski definition) is 5. The highest BCUT2D eigenvalue weighted by Gasteiger charge is 2.26. The van der Waals surface area contributed by atoms with Gasteiger partial charge in [-0.05, 0) is 29.9 Å². The van der Waals surface area contributed by atoms with Gasteiger partial charge in [0.05, 0.1) is 7.11 Å². The second-order valence-corrected chi connectivity index (χ2v) is 3.97. The molecular weight excluding hydrogens is 256 g/mol. The van der Waals surface area contributed by atoms with Crippen molar-refractivity contribution in [3.8, 4) is 0 Å². The van der Waals surface area contributed by atoms with Gasteiger partial charge < -0.3 is 26.0 Å². The van der Waals surface area contributed by atoms with Gasteiger partial charge >= 0.3 is 5.97 Å². The fourth-order valence-corrected chi connectivity index (χ4v) is 1.49. The van der Waals surface area contributed by atoms with Crippen LogP contribution in [0.25, 0.3) is 0 Å². The van der Waals surface area contributed by atoms with E-state index in [0.717, 1.165) is 7.11 Å². The van der Waals surface area contributed by atoms with Crippen LogP contribution < -0.4 is 11.1 Å². The maximum Gasteiger partial charge on any atom is 0.337 e. The predicted molar refractivity (Wildman–Crippen MR) is 69.8 cm³/mol. The maximum absolute atomic E-state index is 11.1. The van der Waals surface area contributed by atoms with E-state index in [9.17, 15) is 15.0 Å². The molecule has 7 heteroatoms. The largest absolute Gasteiger partial charge is 0.467 e. The number of aliphatic hydroxyl groups is 2. The lowest BCUT2D eigenvalue weighted by Gasteiger charge is -2.16. The van der Waals surface area contributed by atoms with Crippen molar-refractivity contribution in [3.63, 3.8) is 0 Å². The first kappa shape index (κ1) is 14.4. The number of carbonyl (C=O) groups is 1. The average molecular weight is 270 g/mol. The molecule has 0 aromatic heterocycles. The highest BCUT2D eigenvalue weighted by Crippen LogP contribution is 2.21. The Morgan fingerprint density at radius 1 is 1.50 bits per heavy atom. The molecule has 0 saturated carbocycles. The summed E-state index contributed by atoms with van der Waals surface area (Å²) in [5.74, 6) is -0.907. The number of esters is 1. The second kappa shape index (κ2) is 6.29. The molecule has 2 atom stereocenters. The van der Waals surface area contributed by atoms with Crippen LogP contribution in [0.15, 0.2) is 24.3 Å². The Kier molecular flexibility index (Phi) is 5.02. The summed E-state index contributed by atoms with van der Waals surface area (Å²) in [6.07, 6.45) is -3.03. The average Bonchev–Trinajstić information content (AvgIpc) is 2.35. The Morgan fingerprint density at radius 3 is 2.72 bits per heavy atom. The number of anilines is 1. The van der Waals surface area contributed by atoms with E-state index < -0.39 is 18.2 Å². The molecule has 0 aliphatic heterocycles. The summed E-state index contributed by atoms with van der Waals surface area (Å²) in [4.78, 5) is 11.1. The van der Waals surface area contributed by atoms with Crippen molar-refractivity contribution in [2.45, 2.75) is 12.2 Å². The van der Waals surface area contributed by atoms with Crippen molar-refractivity contribution in [2.75, 3.05) is 12.4 Å². The zero-order valence-corrected chi connectivity index (χ0v) is 10.5. The number of ether oxygens (including phenoxy) is 1. The lowest BCUT2D eigenvalue weighted by atomic mass is 10.0. The standard InChI is InChI=1S/C11H14N2O4S/c1-17-10(16)9(15)8(14)6-3-2-4-7(5-6)13-11(12)18/h2-5,8-9,14-15H,1H3,(H3,12,13,18). The Balaban J connectivity index is 2.88. The predicted octanol–water partition coefficient (Wildman–Crippen LogP) is -0.0906. The molecule has 2 unspecified atom stereocenters. The lowest BCUT2D eigenvalue weighted by Crippen LogP contribution is -2.29. The summed E-state index contributed by atoms with van der Waals surface area (Å²) in [5.41, 5.74) is 6.21. The highest BCUT2D eigenvalue weighted by atomic mass is 32.1. The molecule has 0 bridgehead atoms. The van der Waals surface area contributed by atoms with Crippen LogP contribution in [-0.4, -0.2) is 34.5 Å². The lowest BCUT2D eigenvalue weighted by molar-refractivity contribution is -0.156. The van der Waals surface area contributed by atoms with E-state index in [1.165, 1.54) is 6.07 Å². The number of thiocarbonyl (C=S) groups is 1. The molecule has 0 fully saturated rings. The Morgan fingerprint density at radius 2 is 2.17 bits per heavy atom. The number of hydrogen-bond donors (Lipinski definition) is 4. The quantitative estimate of drug-likeness (QED) is 0.447. The molecule has 1 aromatic rings. The molecule has 0 aliphatic rings.